The van der Waals surface area contributed by atoms with Gasteiger partial charge in [0.1, 0.15) is 0 Å². The van der Waals surface area contributed by atoms with Gasteiger partial charge in [-0.3, -0.25) is 9.59 Å². The van der Waals surface area contributed by atoms with Crippen molar-refractivity contribution in [1.82, 2.24) is 0 Å². The van der Waals surface area contributed by atoms with Gasteiger partial charge in [0.05, 0.1) is 18.1 Å². The Kier molecular flexibility index (Phi) is 2.64. The molecule has 0 aromatic carbocycles. The molecule has 0 fully saturated rings. The van der Waals surface area contributed by atoms with Gasteiger partial charge in [0.2, 0.25) is 0 Å². The molecule has 1 atom stereocenters. The molecule has 0 saturated carbocycles. The molecular weight excluding hydrogens is 208 g/mol. The second kappa shape index (κ2) is 3.96. The van der Waals surface area contributed by atoms with E-state index in [1.54, 1.807) is 13.0 Å². The van der Waals surface area contributed by atoms with Crippen LogP contribution in [0.25, 0.3) is 0 Å². The van der Waals surface area contributed by atoms with Crippen molar-refractivity contribution < 1.29 is 19.4 Å². The first-order valence-corrected chi connectivity index (χ1v) is 5.17. The van der Waals surface area contributed by atoms with Crippen molar-refractivity contribution in [3.05, 3.63) is 35.3 Å². The van der Waals surface area contributed by atoms with Gasteiger partial charge >= 0.3 is 0 Å². The molecule has 1 N–H and O–H groups in total. The number of fused-ring (bicyclic) bond motifs is 1. The smallest absolute Gasteiger partial charge is 0.186 e. The SMILES string of the molecule is CCOC1=CC(=O)C2CC=CC(=O)C2=C1O. The first-order chi connectivity index (χ1) is 7.65. The number of ketones is 2. The summed E-state index contributed by atoms with van der Waals surface area (Å²) in [5.41, 5.74) is 0.165. The highest BCUT2D eigenvalue weighted by molar-refractivity contribution is 6.13. The minimum atomic E-state index is -0.540. The number of carbonyl (C=O) groups excluding carboxylic acids is 2. The highest BCUT2D eigenvalue weighted by atomic mass is 16.5. The summed E-state index contributed by atoms with van der Waals surface area (Å²) >= 11 is 0. The van der Waals surface area contributed by atoms with Gasteiger partial charge < -0.3 is 9.84 Å². The normalized spacial score (nSPS) is 24.3. The van der Waals surface area contributed by atoms with Crippen LogP contribution in [0.15, 0.2) is 35.3 Å². The minimum Gasteiger partial charge on any atom is -0.504 e. The van der Waals surface area contributed by atoms with E-state index in [4.69, 9.17) is 4.74 Å². The Bertz CT molecular complexity index is 440. The van der Waals surface area contributed by atoms with E-state index in [1.165, 1.54) is 12.2 Å². The third kappa shape index (κ3) is 1.56. The summed E-state index contributed by atoms with van der Waals surface area (Å²) in [6.07, 6.45) is 4.75. The minimum absolute atomic E-state index is 0.0994. The van der Waals surface area contributed by atoms with Gasteiger partial charge in [-0.05, 0) is 19.4 Å². The molecule has 0 aromatic rings. The Morgan fingerprint density at radius 3 is 2.94 bits per heavy atom. The van der Waals surface area contributed by atoms with Crippen LogP contribution in [0.3, 0.4) is 0 Å². The highest BCUT2D eigenvalue weighted by Crippen LogP contribution is 2.32. The van der Waals surface area contributed by atoms with Crippen molar-refractivity contribution in [1.29, 1.82) is 0 Å². The fourth-order valence-corrected chi connectivity index (χ4v) is 1.93. The van der Waals surface area contributed by atoms with Crippen LogP contribution in [-0.2, 0) is 14.3 Å². The lowest BCUT2D eigenvalue weighted by molar-refractivity contribution is -0.120. The molecule has 2 aliphatic carbocycles. The first-order valence-electron chi connectivity index (χ1n) is 5.17. The van der Waals surface area contributed by atoms with Crippen molar-refractivity contribution in [2.45, 2.75) is 13.3 Å². The molecule has 0 saturated heterocycles. The molecule has 0 aliphatic heterocycles. The second-order valence-electron chi connectivity index (χ2n) is 3.66. The molecule has 2 rings (SSSR count). The van der Waals surface area contributed by atoms with E-state index in [-0.39, 0.29) is 28.7 Å². The van der Waals surface area contributed by atoms with Crippen LogP contribution in [0.1, 0.15) is 13.3 Å². The van der Waals surface area contributed by atoms with Gasteiger partial charge in [0, 0.05) is 6.08 Å². The van der Waals surface area contributed by atoms with Crippen molar-refractivity contribution >= 4 is 11.6 Å². The molecule has 0 radical (unpaired) electrons. The van der Waals surface area contributed by atoms with E-state index in [1.807, 2.05) is 0 Å². The lowest BCUT2D eigenvalue weighted by Crippen LogP contribution is -2.28. The Morgan fingerprint density at radius 1 is 1.50 bits per heavy atom. The van der Waals surface area contributed by atoms with E-state index in [9.17, 15) is 14.7 Å². The topological polar surface area (TPSA) is 63.6 Å². The molecule has 0 spiro atoms. The Morgan fingerprint density at radius 2 is 2.25 bits per heavy atom. The summed E-state index contributed by atoms with van der Waals surface area (Å²) in [6.45, 7) is 2.09. The second-order valence-corrected chi connectivity index (χ2v) is 3.66. The van der Waals surface area contributed by atoms with E-state index >= 15 is 0 Å². The van der Waals surface area contributed by atoms with E-state index in [2.05, 4.69) is 0 Å². The van der Waals surface area contributed by atoms with Gasteiger partial charge in [-0.1, -0.05) is 6.08 Å². The average Bonchev–Trinajstić information content (AvgIpc) is 2.25. The molecule has 2 aliphatic rings. The Labute approximate surface area is 92.9 Å². The van der Waals surface area contributed by atoms with Crippen LogP contribution >= 0.6 is 0 Å². The summed E-state index contributed by atoms with van der Waals surface area (Å²) in [5, 5.41) is 9.86. The summed E-state index contributed by atoms with van der Waals surface area (Å²) in [7, 11) is 0. The predicted molar refractivity (Wildman–Crippen MR) is 56.6 cm³/mol. The van der Waals surface area contributed by atoms with Crippen molar-refractivity contribution in [3.63, 3.8) is 0 Å². The molecule has 1 unspecified atom stereocenters. The van der Waals surface area contributed by atoms with E-state index in [0.29, 0.717) is 13.0 Å². The lowest BCUT2D eigenvalue weighted by Gasteiger charge is -2.24. The van der Waals surface area contributed by atoms with Crippen molar-refractivity contribution in [2.24, 2.45) is 5.92 Å². The fourth-order valence-electron chi connectivity index (χ4n) is 1.93. The molecule has 0 amide bonds. The van der Waals surface area contributed by atoms with Gasteiger partial charge in [0.15, 0.2) is 23.1 Å². The van der Waals surface area contributed by atoms with Crippen LogP contribution in [0.5, 0.6) is 0 Å². The monoisotopic (exact) mass is 220 g/mol. The van der Waals surface area contributed by atoms with Gasteiger partial charge in [-0.2, -0.15) is 0 Å². The third-order valence-electron chi connectivity index (χ3n) is 2.66. The van der Waals surface area contributed by atoms with Crippen LogP contribution < -0.4 is 0 Å². The summed E-state index contributed by atoms with van der Waals surface area (Å²) in [6, 6.07) is 0. The van der Waals surface area contributed by atoms with Crippen LogP contribution in [-0.4, -0.2) is 23.3 Å². The molecule has 16 heavy (non-hydrogen) atoms. The quantitative estimate of drug-likeness (QED) is 0.765. The summed E-state index contributed by atoms with van der Waals surface area (Å²) in [4.78, 5) is 23.3. The molecule has 0 bridgehead atoms. The van der Waals surface area contributed by atoms with Crippen molar-refractivity contribution in [2.75, 3.05) is 6.61 Å². The average molecular weight is 220 g/mol. The molecule has 0 heterocycles. The number of hydrogen-bond acceptors (Lipinski definition) is 4. The van der Waals surface area contributed by atoms with E-state index in [0.717, 1.165) is 0 Å². The summed E-state index contributed by atoms with van der Waals surface area (Å²) < 4.78 is 5.12. The number of allylic oxidation sites excluding steroid dienone is 4. The number of aliphatic hydroxyl groups excluding tert-OH is 1. The maximum Gasteiger partial charge on any atom is 0.186 e. The van der Waals surface area contributed by atoms with Crippen LogP contribution in [0.4, 0.5) is 0 Å². The zero-order valence-corrected chi connectivity index (χ0v) is 8.90. The Balaban J connectivity index is 2.47. The third-order valence-corrected chi connectivity index (χ3v) is 2.66. The zero-order chi connectivity index (χ0) is 11.7. The predicted octanol–water partition coefficient (Wildman–Crippen LogP) is 1.45. The maximum atomic E-state index is 11.7. The summed E-state index contributed by atoms with van der Waals surface area (Å²) in [5.74, 6) is -1.13. The Hall–Kier alpha value is -1.84. The number of carbonyl (C=O) groups is 2. The molecule has 84 valence electrons. The number of rotatable bonds is 2. The maximum absolute atomic E-state index is 11.7. The van der Waals surface area contributed by atoms with E-state index < -0.39 is 5.92 Å². The highest BCUT2D eigenvalue weighted by Gasteiger charge is 2.35. The molecular formula is C12H12O4. The largest absolute Gasteiger partial charge is 0.504 e. The zero-order valence-electron chi connectivity index (χ0n) is 8.90. The van der Waals surface area contributed by atoms with Crippen LogP contribution in [0.2, 0.25) is 0 Å². The van der Waals surface area contributed by atoms with Crippen molar-refractivity contribution in [3.8, 4) is 0 Å². The number of hydrogen-bond donors (Lipinski definition) is 1. The molecule has 0 aromatic heterocycles. The van der Waals surface area contributed by atoms with Gasteiger partial charge in [-0.15, -0.1) is 0 Å². The van der Waals surface area contributed by atoms with Gasteiger partial charge in [0.25, 0.3) is 0 Å². The standard InChI is InChI=1S/C12H12O4/c1-2-16-10-6-9(14)7-4-3-5-8(13)11(7)12(10)15/h3,5-7,15H,2,4H2,1H3. The van der Waals surface area contributed by atoms with Gasteiger partial charge in [-0.25, -0.2) is 0 Å². The van der Waals surface area contributed by atoms with Crippen LogP contribution in [0, 0.1) is 5.92 Å². The molecule has 4 heteroatoms. The molecule has 4 nitrogen and oxygen atoms in total. The lowest BCUT2D eigenvalue weighted by atomic mass is 9.80. The number of ether oxygens (including phenoxy) is 1. The fraction of sp³-hybridized carbons (Fsp3) is 0.333. The number of aliphatic hydroxyl groups is 1. The first kappa shape index (κ1) is 10.7.